The third kappa shape index (κ3) is 1.99. The van der Waals surface area contributed by atoms with E-state index in [0.717, 1.165) is 22.8 Å². The first-order valence-electron chi connectivity index (χ1n) is 7.62. The number of halogens is 1. The van der Waals surface area contributed by atoms with Crippen LogP contribution in [0.2, 0.25) is 5.28 Å². The molecule has 126 valence electrons. The van der Waals surface area contributed by atoms with Crippen molar-refractivity contribution < 1.29 is 4.74 Å². The van der Waals surface area contributed by atoms with Gasteiger partial charge in [-0.2, -0.15) is 5.12 Å². The largest absolute Gasteiger partial charge is 0.378 e. The van der Waals surface area contributed by atoms with Crippen molar-refractivity contribution in [2.45, 2.75) is 12.8 Å². The number of rotatable bonds is 3. The molecule has 2 aliphatic heterocycles. The Morgan fingerprint density at radius 1 is 1.28 bits per heavy atom. The minimum Gasteiger partial charge on any atom is -0.378 e. The average Bonchev–Trinajstić information content (AvgIpc) is 3.33. The third-order valence-corrected chi connectivity index (χ3v) is 4.45. The van der Waals surface area contributed by atoms with Crippen LogP contribution in [0.25, 0.3) is 5.69 Å². The molecule has 2 aromatic heterocycles. The first-order chi connectivity index (χ1) is 12.3. The molecule has 0 saturated carbocycles. The number of hydrazine groups is 1. The van der Waals surface area contributed by atoms with Gasteiger partial charge in [0.15, 0.2) is 12.0 Å². The summed E-state index contributed by atoms with van der Waals surface area (Å²) in [5.41, 5.74) is 2.73. The van der Waals surface area contributed by atoms with Crippen molar-refractivity contribution in [2.75, 3.05) is 17.2 Å². The second kappa shape index (κ2) is 5.30. The zero-order chi connectivity index (χ0) is 17.0. The quantitative estimate of drug-likeness (QED) is 0.710. The number of fused-ring (bicyclic) bond motifs is 6. The van der Waals surface area contributed by atoms with E-state index in [1.54, 1.807) is 35.8 Å². The lowest BCUT2D eigenvalue weighted by Crippen LogP contribution is -2.49. The number of anilines is 1. The Kier molecular flexibility index (Phi) is 3.06. The lowest BCUT2D eigenvalue weighted by molar-refractivity contribution is 0.181. The second-order valence-corrected chi connectivity index (χ2v) is 5.98. The van der Waals surface area contributed by atoms with Crippen LogP contribution in [-0.4, -0.2) is 38.1 Å². The van der Waals surface area contributed by atoms with Crippen LogP contribution in [-0.2, 0) is 11.3 Å². The van der Waals surface area contributed by atoms with Gasteiger partial charge in [0.1, 0.15) is 12.0 Å². The lowest BCUT2D eigenvalue weighted by atomic mass is 10.1. The van der Waals surface area contributed by atoms with Gasteiger partial charge in [-0.3, -0.25) is 4.57 Å². The van der Waals surface area contributed by atoms with Crippen molar-refractivity contribution in [2.24, 2.45) is 4.99 Å². The SMILES string of the molecule is COCc1cn(N2C=NC3c4ccccc4-n4c(cnc4Cl)N32)nn1. The van der Waals surface area contributed by atoms with E-state index in [1.807, 2.05) is 33.8 Å². The third-order valence-electron chi connectivity index (χ3n) is 4.19. The molecule has 0 radical (unpaired) electrons. The standard InChI is InChI=1S/C15H13ClN8O/c1-25-8-10-7-21(20-19-10)22-9-18-14-11-4-2-3-5-12(11)23-13(24(14)22)6-17-15(23)16/h2-7,9,14H,8H2,1H3. The number of hydrogen-bond donors (Lipinski definition) is 0. The van der Waals surface area contributed by atoms with Crippen molar-refractivity contribution in [3.8, 4) is 5.69 Å². The molecule has 0 amide bonds. The highest BCUT2D eigenvalue weighted by Crippen LogP contribution is 2.42. The molecular formula is C15H13ClN8O. The van der Waals surface area contributed by atoms with Crippen molar-refractivity contribution in [3.05, 3.63) is 53.2 Å². The predicted molar refractivity (Wildman–Crippen MR) is 91.2 cm³/mol. The Bertz CT molecular complexity index is 980. The molecule has 5 rings (SSSR count). The van der Waals surface area contributed by atoms with Crippen molar-refractivity contribution >= 4 is 23.8 Å². The first-order valence-corrected chi connectivity index (χ1v) is 8.00. The minimum absolute atomic E-state index is 0.216. The van der Waals surface area contributed by atoms with Crippen LogP contribution < -0.4 is 10.1 Å². The van der Waals surface area contributed by atoms with Gasteiger partial charge in [-0.15, -0.1) is 9.89 Å². The van der Waals surface area contributed by atoms with Gasteiger partial charge < -0.3 is 4.74 Å². The average molecular weight is 357 g/mol. The molecule has 0 N–H and O–H groups in total. The van der Waals surface area contributed by atoms with E-state index in [-0.39, 0.29) is 6.17 Å². The molecule has 10 heteroatoms. The highest BCUT2D eigenvalue weighted by Gasteiger charge is 2.39. The van der Waals surface area contributed by atoms with Crippen molar-refractivity contribution in [1.29, 1.82) is 0 Å². The summed E-state index contributed by atoms with van der Waals surface area (Å²) in [7, 11) is 1.62. The fourth-order valence-electron chi connectivity index (χ4n) is 3.16. The van der Waals surface area contributed by atoms with Crippen LogP contribution in [0.15, 0.2) is 41.7 Å². The Labute approximate surface area is 147 Å². The van der Waals surface area contributed by atoms with Gasteiger partial charge in [-0.25, -0.2) is 15.0 Å². The highest BCUT2D eigenvalue weighted by atomic mass is 35.5. The van der Waals surface area contributed by atoms with Crippen LogP contribution in [0.5, 0.6) is 0 Å². The predicted octanol–water partition coefficient (Wildman–Crippen LogP) is 1.68. The van der Waals surface area contributed by atoms with E-state index in [9.17, 15) is 0 Å². The van der Waals surface area contributed by atoms with Gasteiger partial charge in [0, 0.05) is 12.7 Å². The molecule has 0 spiro atoms. The summed E-state index contributed by atoms with van der Waals surface area (Å²) in [5.74, 6) is 0.801. The molecule has 4 heterocycles. The molecule has 1 unspecified atom stereocenters. The molecule has 1 aromatic carbocycles. The fourth-order valence-corrected chi connectivity index (χ4v) is 3.39. The van der Waals surface area contributed by atoms with Gasteiger partial charge in [-0.05, 0) is 22.9 Å². The normalized spacial score (nSPS) is 17.6. The molecule has 25 heavy (non-hydrogen) atoms. The number of ether oxygens (including phenoxy) is 1. The summed E-state index contributed by atoms with van der Waals surface area (Å²) < 4.78 is 6.99. The summed E-state index contributed by atoms with van der Waals surface area (Å²) >= 11 is 6.33. The number of aliphatic imine (C=N–C) groups is 1. The van der Waals surface area contributed by atoms with Crippen LogP contribution in [0.3, 0.4) is 0 Å². The smallest absolute Gasteiger partial charge is 0.209 e. The minimum atomic E-state index is -0.216. The zero-order valence-electron chi connectivity index (χ0n) is 13.2. The summed E-state index contributed by atoms with van der Waals surface area (Å²) in [6.45, 7) is 0.390. The number of hydrogen-bond acceptors (Lipinski definition) is 7. The van der Waals surface area contributed by atoms with E-state index >= 15 is 0 Å². The molecule has 0 bridgehead atoms. The summed E-state index contributed by atoms with van der Waals surface area (Å²) in [4.78, 5) is 10.5. The Balaban J connectivity index is 1.63. The Morgan fingerprint density at radius 2 is 2.16 bits per heavy atom. The molecule has 0 aliphatic carbocycles. The van der Waals surface area contributed by atoms with Gasteiger partial charge >= 0.3 is 0 Å². The van der Waals surface area contributed by atoms with E-state index in [4.69, 9.17) is 16.3 Å². The number of methoxy groups -OCH3 is 1. The molecule has 3 aromatic rings. The Hall–Kier alpha value is -2.91. The van der Waals surface area contributed by atoms with Crippen LogP contribution in [0, 0.1) is 0 Å². The Morgan fingerprint density at radius 3 is 3.04 bits per heavy atom. The van der Waals surface area contributed by atoms with Gasteiger partial charge in [-0.1, -0.05) is 18.2 Å². The van der Waals surface area contributed by atoms with Crippen molar-refractivity contribution in [3.63, 3.8) is 0 Å². The van der Waals surface area contributed by atoms with E-state index < -0.39 is 0 Å². The summed E-state index contributed by atoms with van der Waals surface area (Å²) in [5, 5.41) is 12.4. The molecule has 2 aliphatic rings. The maximum Gasteiger partial charge on any atom is 0.209 e. The molecule has 1 atom stereocenters. The van der Waals surface area contributed by atoms with Crippen molar-refractivity contribution in [1.82, 2.24) is 24.7 Å². The second-order valence-electron chi connectivity index (χ2n) is 5.65. The fraction of sp³-hybridized carbons (Fsp3) is 0.200. The molecule has 0 saturated heterocycles. The first kappa shape index (κ1) is 14.4. The molecule has 0 fully saturated rings. The van der Waals surface area contributed by atoms with Gasteiger partial charge in [0.25, 0.3) is 0 Å². The number of benzene rings is 1. The summed E-state index contributed by atoms with van der Waals surface area (Å²) in [6.07, 6.45) is 5.01. The van der Waals surface area contributed by atoms with E-state index in [2.05, 4.69) is 20.3 Å². The highest BCUT2D eigenvalue weighted by molar-refractivity contribution is 6.29. The van der Waals surface area contributed by atoms with Crippen LogP contribution in [0.1, 0.15) is 17.4 Å². The number of para-hydroxylation sites is 1. The number of imidazole rings is 1. The van der Waals surface area contributed by atoms with Crippen LogP contribution in [0.4, 0.5) is 5.82 Å². The van der Waals surface area contributed by atoms with Crippen LogP contribution >= 0.6 is 11.6 Å². The zero-order valence-corrected chi connectivity index (χ0v) is 13.9. The van der Waals surface area contributed by atoms with Gasteiger partial charge in [0.05, 0.1) is 24.7 Å². The van der Waals surface area contributed by atoms with E-state index in [0.29, 0.717) is 11.9 Å². The lowest BCUT2D eigenvalue weighted by Gasteiger charge is -2.36. The van der Waals surface area contributed by atoms with Gasteiger partial charge in [0.2, 0.25) is 5.28 Å². The monoisotopic (exact) mass is 356 g/mol. The maximum atomic E-state index is 6.33. The van der Waals surface area contributed by atoms with E-state index in [1.165, 1.54) is 0 Å². The maximum absolute atomic E-state index is 6.33. The molecule has 9 nitrogen and oxygen atoms in total. The number of aromatic nitrogens is 5. The molecular weight excluding hydrogens is 344 g/mol. The topological polar surface area (TPSA) is 76.6 Å². The summed E-state index contributed by atoms with van der Waals surface area (Å²) in [6, 6.07) is 8.00. The number of nitrogens with zero attached hydrogens (tertiary/aromatic N) is 8.